The maximum atomic E-state index is 13.8. The molecule has 3 heterocycles. The minimum absolute atomic E-state index is 0.0203. The Labute approximate surface area is 372 Å². The molecule has 16 nitrogen and oxygen atoms in total. The van der Waals surface area contributed by atoms with E-state index in [1.54, 1.807) is 66.0 Å². The van der Waals surface area contributed by atoms with Crippen molar-refractivity contribution in [1.82, 2.24) is 0 Å². The normalized spacial score (nSPS) is 38.2. The Bertz CT molecular complexity index is 2050. The van der Waals surface area contributed by atoms with Crippen molar-refractivity contribution in [2.45, 2.75) is 146 Å². The SMILES string of the molecule is CCOC(C)O[C@@H]1[C@H]2OC(C)(C)O[C@H]2[C@@H](OP(=O)(O)Oc2ccc(COc3c(/C=C/C(=O)OC)ccc(C4(OC)OOC45C4CC6CC(C4)CC5C6)c3Cl)cc2)[C@@H]2OC(C)(C)O[C@@H]12. The van der Waals surface area contributed by atoms with E-state index in [4.69, 9.17) is 73.1 Å². The molecule has 8 fully saturated rings. The highest BCUT2D eigenvalue weighted by molar-refractivity contribution is 7.47. The molecule has 2 aromatic carbocycles. The number of halogens is 1. The number of hydrogen-bond donors (Lipinski definition) is 1. The Kier molecular flexibility index (Phi) is 12.2. The van der Waals surface area contributed by atoms with E-state index in [0.717, 1.165) is 25.7 Å². The van der Waals surface area contributed by atoms with Crippen LogP contribution in [0.4, 0.5) is 0 Å². The summed E-state index contributed by atoms with van der Waals surface area (Å²) in [5, 5.41) is 0.257. The molecular formula is C45H58ClO16P. The molecule has 63 heavy (non-hydrogen) atoms. The summed E-state index contributed by atoms with van der Waals surface area (Å²) < 4.78 is 80.0. The second kappa shape index (κ2) is 16.9. The predicted molar refractivity (Wildman–Crippen MR) is 223 cm³/mol. The van der Waals surface area contributed by atoms with Gasteiger partial charge in [-0.25, -0.2) is 14.2 Å². The van der Waals surface area contributed by atoms with Gasteiger partial charge in [0.05, 0.1) is 12.1 Å². The zero-order valence-corrected chi connectivity index (χ0v) is 38.5. The maximum absolute atomic E-state index is 13.8. The standard InChI is InChI=1S/C45H58ClO16P/c1-9-52-24(2)54-36-37-39(57-42(3,4)55-37)41(40-38(36)56-43(5,6)58-40)60-63(48,49)59-31-14-10-25(11-15-31)23-53-35-28(13-17-33(47)50-7)12-16-32(34(35)46)45(51-8)44(61-62-45)29-19-26-18-27(21-29)22-30(44)20-26/h10-17,24,26-27,29-30,36-41H,9,18-23H2,1-8H3,(H,48,49)/b17-13+/t24?,26?,27?,29?,30?,36-,37-,38+,39-,40-,41-,44?,45?/m1/s1. The van der Waals surface area contributed by atoms with Gasteiger partial charge < -0.3 is 47.2 Å². The lowest BCUT2D eigenvalue weighted by Crippen LogP contribution is -2.76. The van der Waals surface area contributed by atoms with Gasteiger partial charge in [0.2, 0.25) is 0 Å². The zero-order chi connectivity index (χ0) is 44.7. The fourth-order valence-electron chi connectivity index (χ4n) is 11.6. The van der Waals surface area contributed by atoms with Gasteiger partial charge in [0.25, 0.3) is 5.79 Å². The molecule has 0 radical (unpaired) electrons. The Morgan fingerprint density at radius 1 is 0.873 bits per heavy atom. The van der Waals surface area contributed by atoms with E-state index in [1.807, 2.05) is 13.0 Å². The van der Waals surface area contributed by atoms with Crippen LogP contribution in [0.5, 0.6) is 11.5 Å². The van der Waals surface area contributed by atoms with Crippen LogP contribution in [0.3, 0.4) is 0 Å². The molecule has 3 saturated heterocycles. The van der Waals surface area contributed by atoms with E-state index in [0.29, 0.717) is 40.9 Å². The fourth-order valence-corrected chi connectivity index (χ4v) is 12.9. The van der Waals surface area contributed by atoms with Gasteiger partial charge in [-0.1, -0.05) is 35.9 Å². The van der Waals surface area contributed by atoms with Crippen molar-refractivity contribution >= 4 is 31.5 Å². The van der Waals surface area contributed by atoms with Crippen LogP contribution in [0.15, 0.2) is 42.5 Å². The number of phosphoric acid groups is 1. The number of carbonyl (C=O) groups is 1. The number of hydrogen-bond acceptors (Lipinski definition) is 15. The average molecular weight is 921 g/mol. The number of benzene rings is 2. The Hall–Kier alpha value is -2.67. The molecule has 0 amide bonds. The molecule has 3 unspecified atom stereocenters. The molecule has 10 rings (SSSR count). The van der Waals surface area contributed by atoms with Crippen LogP contribution in [0, 0.1) is 23.7 Å². The lowest BCUT2D eigenvalue weighted by molar-refractivity contribution is -0.645. The molecular weight excluding hydrogens is 863 g/mol. The monoisotopic (exact) mass is 920 g/mol. The van der Waals surface area contributed by atoms with Crippen LogP contribution in [0.25, 0.3) is 6.08 Å². The van der Waals surface area contributed by atoms with Crippen molar-refractivity contribution in [3.8, 4) is 11.5 Å². The van der Waals surface area contributed by atoms with Crippen molar-refractivity contribution in [2.75, 3.05) is 20.8 Å². The van der Waals surface area contributed by atoms with Crippen LogP contribution < -0.4 is 9.26 Å². The van der Waals surface area contributed by atoms with Crippen LogP contribution in [0.1, 0.15) is 90.3 Å². The van der Waals surface area contributed by atoms with Crippen LogP contribution >= 0.6 is 19.4 Å². The van der Waals surface area contributed by atoms with E-state index in [1.165, 1.54) is 31.7 Å². The maximum Gasteiger partial charge on any atom is 0.527 e. The third-order valence-corrected chi connectivity index (χ3v) is 15.0. The van der Waals surface area contributed by atoms with Gasteiger partial charge in [-0.2, -0.15) is 4.89 Å². The second-order valence-electron chi connectivity index (χ2n) is 18.6. The highest BCUT2D eigenvalue weighted by Gasteiger charge is 2.77. The van der Waals surface area contributed by atoms with Crippen LogP contribution in [0.2, 0.25) is 5.02 Å². The molecule has 1 spiro atoms. The van der Waals surface area contributed by atoms with Gasteiger partial charge in [0, 0.05) is 30.9 Å². The molecule has 18 heteroatoms. The van der Waals surface area contributed by atoms with E-state index in [9.17, 15) is 14.3 Å². The quantitative estimate of drug-likeness (QED) is 0.0603. The summed E-state index contributed by atoms with van der Waals surface area (Å²) in [4.78, 5) is 35.6. The average Bonchev–Trinajstić information content (AvgIpc) is 3.72. The van der Waals surface area contributed by atoms with Gasteiger partial charge >= 0.3 is 13.8 Å². The first-order valence-electron chi connectivity index (χ1n) is 21.8. The van der Waals surface area contributed by atoms with Crippen LogP contribution in [-0.4, -0.2) is 91.8 Å². The molecule has 1 N–H and O–H groups in total. The lowest BCUT2D eigenvalue weighted by Gasteiger charge is -2.68. The summed E-state index contributed by atoms with van der Waals surface area (Å²) in [5.41, 5.74) is 1.08. The minimum atomic E-state index is -4.84. The topological polar surface area (TPSA) is 174 Å². The molecule has 2 aromatic rings. The number of rotatable bonds is 15. The van der Waals surface area contributed by atoms with Gasteiger partial charge in [0.15, 0.2) is 23.5 Å². The molecule has 4 bridgehead atoms. The van der Waals surface area contributed by atoms with Gasteiger partial charge in [-0.05, 0) is 121 Å². The Morgan fingerprint density at radius 3 is 1.98 bits per heavy atom. The number of esters is 1. The van der Waals surface area contributed by atoms with Crippen LogP contribution in [-0.2, 0) is 73.9 Å². The number of methoxy groups -OCH3 is 2. The number of phosphoric ester groups is 1. The van der Waals surface area contributed by atoms with E-state index in [2.05, 4.69) is 0 Å². The van der Waals surface area contributed by atoms with E-state index < -0.39 is 79.7 Å². The van der Waals surface area contributed by atoms with Crippen molar-refractivity contribution < 1.29 is 75.7 Å². The third kappa shape index (κ3) is 8.19. The summed E-state index contributed by atoms with van der Waals surface area (Å²) in [6.45, 7) is 11.0. The lowest BCUT2D eigenvalue weighted by atomic mass is 9.47. The van der Waals surface area contributed by atoms with Crippen molar-refractivity contribution in [3.05, 3.63) is 64.2 Å². The zero-order valence-electron chi connectivity index (χ0n) is 36.8. The van der Waals surface area contributed by atoms with Gasteiger partial charge in [0.1, 0.15) is 54.7 Å². The van der Waals surface area contributed by atoms with Crippen molar-refractivity contribution in [1.29, 1.82) is 0 Å². The predicted octanol–water partition coefficient (Wildman–Crippen LogP) is 7.75. The number of carbonyl (C=O) groups excluding carboxylic acids is 1. The summed E-state index contributed by atoms with van der Waals surface area (Å²) in [6.07, 6.45) is 2.57. The minimum Gasteiger partial charge on any atom is -0.487 e. The summed E-state index contributed by atoms with van der Waals surface area (Å²) >= 11 is 7.29. The molecule has 8 aliphatic rings. The largest absolute Gasteiger partial charge is 0.527 e. The third-order valence-electron chi connectivity index (χ3n) is 13.7. The van der Waals surface area contributed by atoms with Crippen molar-refractivity contribution in [3.63, 3.8) is 0 Å². The summed E-state index contributed by atoms with van der Waals surface area (Å²) in [5.74, 6) is -1.73. The summed E-state index contributed by atoms with van der Waals surface area (Å²) in [7, 11) is -1.93. The number of ether oxygens (including phenoxy) is 9. The smallest absolute Gasteiger partial charge is 0.487 e. The Morgan fingerprint density at radius 2 is 1.46 bits per heavy atom. The van der Waals surface area contributed by atoms with E-state index in [-0.39, 0.29) is 29.2 Å². The fraction of sp³-hybridized carbons (Fsp3) is 0.667. The second-order valence-corrected chi connectivity index (χ2v) is 20.3. The van der Waals surface area contributed by atoms with Gasteiger partial charge in [-0.15, -0.1) is 0 Å². The van der Waals surface area contributed by atoms with Gasteiger partial charge in [-0.3, -0.25) is 9.42 Å². The summed E-state index contributed by atoms with van der Waals surface area (Å²) in [6, 6.07) is 10.1. The first kappa shape index (κ1) is 45.5. The van der Waals surface area contributed by atoms with Crippen molar-refractivity contribution in [2.24, 2.45) is 23.7 Å². The number of fused-ring (bicyclic) bond motifs is 2. The first-order chi connectivity index (χ1) is 29.9. The molecule has 3 aliphatic heterocycles. The Balaban J connectivity index is 0.925. The highest BCUT2D eigenvalue weighted by Crippen LogP contribution is 2.70. The van der Waals surface area contributed by atoms with E-state index >= 15 is 0 Å². The molecule has 5 aliphatic carbocycles. The molecule has 9 atom stereocenters. The molecule has 0 aromatic heterocycles. The first-order valence-corrected chi connectivity index (χ1v) is 23.7. The molecule has 5 saturated carbocycles. The molecule has 346 valence electrons. The highest BCUT2D eigenvalue weighted by atomic mass is 35.5.